The predicted octanol–water partition coefficient (Wildman–Crippen LogP) is 2.78. The topological polar surface area (TPSA) is 15.3 Å². The summed E-state index contributed by atoms with van der Waals surface area (Å²) in [5, 5.41) is 3.21. The van der Waals surface area contributed by atoms with Crippen LogP contribution in [0.15, 0.2) is 18.2 Å². The van der Waals surface area contributed by atoms with E-state index in [1.54, 1.807) is 6.07 Å². The molecule has 1 aliphatic rings. The van der Waals surface area contributed by atoms with Crippen LogP contribution in [0, 0.1) is 11.7 Å². The molecule has 0 saturated carbocycles. The van der Waals surface area contributed by atoms with Crippen molar-refractivity contribution in [3.05, 3.63) is 29.6 Å². The maximum atomic E-state index is 13.9. The minimum absolute atomic E-state index is 0.0944. The quantitative estimate of drug-likeness (QED) is 0.864. The molecule has 0 amide bonds. The number of hydrogen-bond donors (Lipinski definition) is 1. The van der Waals surface area contributed by atoms with E-state index in [-0.39, 0.29) is 5.82 Å². The lowest BCUT2D eigenvalue weighted by molar-refractivity contribution is 0.592. The summed E-state index contributed by atoms with van der Waals surface area (Å²) in [5.74, 6) is 0.619. The Balaban J connectivity index is 2.22. The summed E-state index contributed by atoms with van der Waals surface area (Å²) in [4.78, 5) is 2.31. The Hall–Kier alpha value is -1.09. The maximum Gasteiger partial charge on any atom is 0.129 e. The maximum absolute atomic E-state index is 13.9. The van der Waals surface area contributed by atoms with E-state index < -0.39 is 0 Å². The van der Waals surface area contributed by atoms with E-state index in [2.05, 4.69) is 17.1 Å². The van der Waals surface area contributed by atoms with Gasteiger partial charge in [-0.3, -0.25) is 0 Å². The molecule has 1 heterocycles. The van der Waals surface area contributed by atoms with Gasteiger partial charge >= 0.3 is 0 Å². The normalized spacial score (nSPS) is 19.9. The molecule has 94 valence electrons. The van der Waals surface area contributed by atoms with Gasteiger partial charge in [0.25, 0.3) is 0 Å². The molecule has 2 nitrogen and oxygen atoms in total. The third-order valence-electron chi connectivity index (χ3n) is 3.41. The van der Waals surface area contributed by atoms with Crippen LogP contribution in [-0.4, -0.2) is 19.6 Å². The van der Waals surface area contributed by atoms with Crippen molar-refractivity contribution in [1.29, 1.82) is 0 Å². The van der Waals surface area contributed by atoms with E-state index in [9.17, 15) is 4.39 Å². The molecule has 0 bridgehead atoms. The van der Waals surface area contributed by atoms with Gasteiger partial charge in [0.15, 0.2) is 0 Å². The zero-order valence-electron chi connectivity index (χ0n) is 10.7. The number of benzene rings is 1. The minimum atomic E-state index is -0.0944. The number of rotatable bonds is 4. The van der Waals surface area contributed by atoms with Crippen LogP contribution in [0.25, 0.3) is 0 Å². The molecule has 17 heavy (non-hydrogen) atoms. The Morgan fingerprint density at radius 1 is 1.47 bits per heavy atom. The van der Waals surface area contributed by atoms with E-state index in [4.69, 9.17) is 0 Å². The van der Waals surface area contributed by atoms with Crippen LogP contribution in [0.4, 0.5) is 10.1 Å². The van der Waals surface area contributed by atoms with Gasteiger partial charge in [0, 0.05) is 30.9 Å². The second kappa shape index (κ2) is 5.50. The largest absolute Gasteiger partial charge is 0.371 e. The molecule has 1 aromatic carbocycles. The standard InChI is InChI=1S/C14H21FN2/c1-3-16-9-12-13(15)5-4-6-14(12)17-8-7-11(2)10-17/h4-6,11,16H,3,7-10H2,1-2H3. The molecule has 1 atom stereocenters. The van der Waals surface area contributed by atoms with Crippen LogP contribution in [0.3, 0.4) is 0 Å². The van der Waals surface area contributed by atoms with Gasteiger partial charge in [-0.05, 0) is 31.0 Å². The smallest absolute Gasteiger partial charge is 0.129 e. The van der Waals surface area contributed by atoms with Crippen LogP contribution in [0.2, 0.25) is 0 Å². The lowest BCUT2D eigenvalue weighted by Crippen LogP contribution is -2.23. The molecule has 3 heteroatoms. The van der Waals surface area contributed by atoms with E-state index in [1.165, 1.54) is 6.42 Å². The zero-order valence-corrected chi connectivity index (χ0v) is 10.7. The van der Waals surface area contributed by atoms with Crippen molar-refractivity contribution in [3.8, 4) is 0 Å². The third-order valence-corrected chi connectivity index (χ3v) is 3.41. The summed E-state index contributed by atoms with van der Waals surface area (Å²) in [5.41, 5.74) is 1.87. The highest BCUT2D eigenvalue weighted by Gasteiger charge is 2.21. The highest BCUT2D eigenvalue weighted by Crippen LogP contribution is 2.28. The van der Waals surface area contributed by atoms with Crippen molar-refractivity contribution >= 4 is 5.69 Å². The van der Waals surface area contributed by atoms with Gasteiger partial charge < -0.3 is 10.2 Å². The van der Waals surface area contributed by atoms with E-state index in [0.29, 0.717) is 12.5 Å². The molecule has 1 N–H and O–H groups in total. The van der Waals surface area contributed by atoms with E-state index in [0.717, 1.165) is 30.9 Å². The van der Waals surface area contributed by atoms with Gasteiger partial charge in [-0.15, -0.1) is 0 Å². The van der Waals surface area contributed by atoms with Crippen molar-refractivity contribution in [2.45, 2.75) is 26.8 Å². The first-order valence-electron chi connectivity index (χ1n) is 6.45. The Morgan fingerprint density at radius 3 is 2.94 bits per heavy atom. The van der Waals surface area contributed by atoms with Crippen molar-refractivity contribution in [3.63, 3.8) is 0 Å². The monoisotopic (exact) mass is 236 g/mol. The fourth-order valence-electron chi connectivity index (χ4n) is 2.42. The summed E-state index contributed by atoms with van der Waals surface area (Å²) >= 11 is 0. The first kappa shape index (κ1) is 12.4. The number of hydrogen-bond acceptors (Lipinski definition) is 2. The summed E-state index contributed by atoms with van der Waals surface area (Å²) < 4.78 is 13.9. The Labute approximate surface area is 103 Å². The molecule has 0 spiro atoms. The van der Waals surface area contributed by atoms with Crippen LogP contribution in [0.5, 0.6) is 0 Å². The summed E-state index contributed by atoms with van der Waals surface area (Å²) in [7, 11) is 0. The summed E-state index contributed by atoms with van der Waals surface area (Å²) in [6.07, 6.45) is 1.21. The van der Waals surface area contributed by atoms with Gasteiger partial charge in [0.05, 0.1) is 0 Å². The van der Waals surface area contributed by atoms with Gasteiger partial charge in [-0.1, -0.05) is 19.9 Å². The molecule has 1 fully saturated rings. The summed E-state index contributed by atoms with van der Waals surface area (Å²) in [6.45, 7) is 7.86. The van der Waals surface area contributed by atoms with Crippen molar-refractivity contribution in [2.24, 2.45) is 5.92 Å². The van der Waals surface area contributed by atoms with Gasteiger partial charge in [-0.25, -0.2) is 4.39 Å². The number of nitrogens with one attached hydrogen (secondary N) is 1. The lowest BCUT2D eigenvalue weighted by Gasteiger charge is -2.22. The number of anilines is 1. The van der Waals surface area contributed by atoms with Crippen molar-refractivity contribution < 1.29 is 4.39 Å². The fourth-order valence-corrected chi connectivity index (χ4v) is 2.42. The van der Waals surface area contributed by atoms with E-state index >= 15 is 0 Å². The van der Waals surface area contributed by atoms with Gasteiger partial charge in [0.2, 0.25) is 0 Å². The minimum Gasteiger partial charge on any atom is -0.371 e. The van der Waals surface area contributed by atoms with Crippen LogP contribution < -0.4 is 10.2 Å². The molecule has 1 unspecified atom stereocenters. The molecule has 0 radical (unpaired) electrons. The second-order valence-electron chi connectivity index (χ2n) is 4.86. The van der Waals surface area contributed by atoms with Crippen LogP contribution >= 0.6 is 0 Å². The summed E-state index contributed by atoms with van der Waals surface area (Å²) in [6, 6.07) is 5.40. The predicted molar refractivity (Wildman–Crippen MR) is 69.8 cm³/mol. The van der Waals surface area contributed by atoms with Crippen LogP contribution in [-0.2, 0) is 6.54 Å². The Kier molecular flexibility index (Phi) is 4.00. The third kappa shape index (κ3) is 2.78. The molecular weight excluding hydrogens is 215 g/mol. The number of halogens is 1. The van der Waals surface area contributed by atoms with Gasteiger partial charge in [0.1, 0.15) is 5.82 Å². The fraction of sp³-hybridized carbons (Fsp3) is 0.571. The first-order valence-corrected chi connectivity index (χ1v) is 6.45. The molecule has 2 rings (SSSR count). The average molecular weight is 236 g/mol. The Bertz CT molecular complexity index is 378. The van der Waals surface area contributed by atoms with Crippen molar-refractivity contribution in [2.75, 3.05) is 24.5 Å². The number of nitrogens with zero attached hydrogens (tertiary/aromatic N) is 1. The van der Waals surface area contributed by atoms with E-state index in [1.807, 2.05) is 19.1 Å². The molecule has 1 saturated heterocycles. The average Bonchev–Trinajstić information content (AvgIpc) is 2.74. The first-order chi connectivity index (χ1) is 8.22. The highest BCUT2D eigenvalue weighted by molar-refractivity contribution is 5.55. The molecular formula is C14H21FN2. The van der Waals surface area contributed by atoms with Gasteiger partial charge in [-0.2, -0.15) is 0 Å². The Morgan fingerprint density at radius 2 is 2.29 bits per heavy atom. The molecule has 1 aromatic rings. The zero-order chi connectivity index (χ0) is 12.3. The molecule has 1 aliphatic heterocycles. The second-order valence-corrected chi connectivity index (χ2v) is 4.86. The lowest BCUT2D eigenvalue weighted by atomic mass is 10.1. The van der Waals surface area contributed by atoms with Crippen LogP contribution in [0.1, 0.15) is 25.8 Å². The molecule has 0 aromatic heterocycles. The van der Waals surface area contributed by atoms with Crippen molar-refractivity contribution in [1.82, 2.24) is 5.32 Å². The molecule has 0 aliphatic carbocycles. The SMILES string of the molecule is CCNCc1c(F)cccc1N1CCC(C)C1. The highest BCUT2D eigenvalue weighted by atomic mass is 19.1.